The van der Waals surface area contributed by atoms with Crippen LogP contribution in [0, 0.1) is 11.8 Å². The van der Waals surface area contributed by atoms with Crippen molar-refractivity contribution in [3.63, 3.8) is 0 Å². The first-order chi connectivity index (χ1) is 9.74. The van der Waals surface area contributed by atoms with Gasteiger partial charge < -0.3 is 10.5 Å². The molecule has 1 fully saturated rings. The van der Waals surface area contributed by atoms with Crippen LogP contribution in [0.5, 0.6) is 5.75 Å². The topological polar surface area (TPSA) is 38.5 Å². The Balaban J connectivity index is 2.22. The number of hydrogen-bond acceptors (Lipinski definition) is 3. The number of benzene rings is 1. The van der Waals surface area contributed by atoms with E-state index in [0.29, 0.717) is 12.6 Å². The zero-order chi connectivity index (χ0) is 14.4. The van der Waals surface area contributed by atoms with Crippen molar-refractivity contribution in [2.45, 2.75) is 38.8 Å². The molecule has 20 heavy (non-hydrogen) atoms. The maximum atomic E-state index is 5.48. The van der Waals surface area contributed by atoms with E-state index in [9.17, 15) is 0 Å². The van der Waals surface area contributed by atoms with Crippen LogP contribution in [0.25, 0.3) is 0 Å². The van der Waals surface area contributed by atoms with Gasteiger partial charge in [-0.1, -0.05) is 18.3 Å². The molecule has 1 aromatic carbocycles. The molecule has 1 saturated heterocycles. The summed E-state index contributed by atoms with van der Waals surface area (Å²) >= 11 is 0. The maximum absolute atomic E-state index is 5.48. The highest BCUT2D eigenvalue weighted by atomic mass is 16.5. The summed E-state index contributed by atoms with van der Waals surface area (Å²) in [5, 5.41) is 0. The van der Waals surface area contributed by atoms with E-state index in [0.717, 1.165) is 17.9 Å². The van der Waals surface area contributed by atoms with Gasteiger partial charge in [-0.25, -0.2) is 0 Å². The molecule has 3 nitrogen and oxygen atoms in total. The fourth-order valence-electron chi connectivity index (χ4n) is 2.71. The summed E-state index contributed by atoms with van der Waals surface area (Å²) in [5.41, 5.74) is 7.78. The molecule has 0 spiro atoms. The number of rotatable bonds is 3. The highest BCUT2D eigenvalue weighted by Crippen LogP contribution is 2.23. The minimum absolute atomic E-state index is 0.394. The second-order valence-electron chi connectivity index (χ2n) is 5.34. The van der Waals surface area contributed by atoms with Gasteiger partial charge in [0.2, 0.25) is 0 Å². The third-order valence-electron chi connectivity index (χ3n) is 3.95. The second kappa shape index (κ2) is 7.33. The van der Waals surface area contributed by atoms with Crippen LogP contribution in [-0.2, 0) is 6.54 Å². The largest absolute Gasteiger partial charge is 0.497 e. The van der Waals surface area contributed by atoms with Gasteiger partial charge in [0.15, 0.2) is 0 Å². The molecule has 0 aromatic heterocycles. The summed E-state index contributed by atoms with van der Waals surface area (Å²) < 4.78 is 5.34. The van der Waals surface area contributed by atoms with Gasteiger partial charge in [-0.2, -0.15) is 0 Å². The smallest absolute Gasteiger partial charge is 0.119 e. The molecule has 108 valence electrons. The summed E-state index contributed by atoms with van der Waals surface area (Å²) in [4.78, 5) is 2.53. The van der Waals surface area contributed by atoms with E-state index in [1.165, 1.54) is 31.4 Å². The standard InChI is InChI=1S/C17H24N2O/c1-14-6-3-4-11-19(14)13-16-12-17(20-2)9-8-15(16)7-5-10-18/h8-9,12,14H,3-4,6,10-11,13,18H2,1-2H3. The number of likely N-dealkylation sites (tertiary alicyclic amines) is 1. The molecule has 3 heteroatoms. The molecule has 2 N–H and O–H groups in total. The van der Waals surface area contributed by atoms with E-state index in [1.54, 1.807) is 7.11 Å². The van der Waals surface area contributed by atoms with Crippen molar-refractivity contribution in [2.24, 2.45) is 5.73 Å². The lowest BCUT2D eigenvalue weighted by atomic mass is 10.0. The lowest BCUT2D eigenvalue weighted by Crippen LogP contribution is -2.36. The normalized spacial score (nSPS) is 19.2. The Morgan fingerprint density at radius 1 is 1.40 bits per heavy atom. The quantitative estimate of drug-likeness (QED) is 0.859. The average Bonchev–Trinajstić information content (AvgIpc) is 2.48. The molecule has 0 saturated carbocycles. The van der Waals surface area contributed by atoms with Gasteiger partial charge in [-0.3, -0.25) is 4.90 Å². The van der Waals surface area contributed by atoms with E-state index in [2.05, 4.69) is 29.7 Å². The van der Waals surface area contributed by atoms with E-state index in [-0.39, 0.29) is 0 Å². The van der Waals surface area contributed by atoms with E-state index < -0.39 is 0 Å². The van der Waals surface area contributed by atoms with Gasteiger partial charge in [0.1, 0.15) is 5.75 Å². The van der Waals surface area contributed by atoms with Crippen LogP contribution in [0.1, 0.15) is 37.3 Å². The fourth-order valence-corrected chi connectivity index (χ4v) is 2.71. The maximum Gasteiger partial charge on any atom is 0.119 e. The van der Waals surface area contributed by atoms with Gasteiger partial charge in [0.05, 0.1) is 13.7 Å². The van der Waals surface area contributed by atoms with E-state index in [1.807, 2.05) is 12.1 Å². The lowest BCUT2D eigenvalue weighted by molar-refractivity contribution is 0.152. The van der Waals surface area contributed by atoms with Gasteiger partial charge in [0.25, 0.3) is 0 Å². The van der Waals surface area contributed by atoms with Gasteiger partial charge in [-0.15, -0.1) is 0 Å². The summed E-state index contributed by atoms with van der Waals surface area (Å²) in [6.45, 7) is 4.81. The number of methoxy groups -OCH3 is 1. The van der Waals surface area contributed by atoms with Crippen LogP contribution in [-0.4, -0.2) is 31.1 Å². The minimum atomic E-state index is 0.394. The highest BCUT2D eigenvalue weighted by Gasteiger charge is 2.19. The first-order valence-corrected chi connectivity index (χ1v) is 7.34. The van der Waals surface area contributed by atoms with Crippen molar-refractivity contribution >= 4 is 0 Å². The van der Waals surface area contributed by atoms with Crippen LogP contribution >= 0.6 is 0 Å². The molecule has 1 unspecified atom stereocenters. The molecule has 0 bridgehead atoms. The van der Waals surface area contributed by atoms with Crippen LogP contribution < -0.4 is 10.5 Å². The van der Waals surface area contributed by atoms with Crippen LogP contribution in [0.4, 0.5) is 0 Å². The van der Waals surface area contributed by atoms with Crippen LogP contribution in [0.3, 0.4) is 0 Å². The van der Waals surface area contributed by atoms with E-state index >= 15 is 0 Å². The van der Waals surface area contributed by atoms with Crippen molar-refractivity contribution in [3.05, 3.63) is 29.3 Å². The van der Waals surface area contributed by atoms with E-state index in [4.69, 9.17) is 10.5 Å². The lowest BCUT2D eigenvalue weighted by Gasteiger charge is -2.33. The number of nitrogens with two attached hydrogens (primary N) is 1. The Morgan fingerprint density at radius 2 is 2.25 bits per heavy atom. The van der Waals surface area contributed by atoms with Crippen LogP contribution in [0.15, 0.2) is 18.2 Å². The Hall–Kier alpha value is -1.50. The van der Waals surface area contributed by atoms with Crippen molar-refractivity contribution in [2.75, 3.05) is 20.2 Å². The summed E-state index contributed by atoms with van der Waals surface area (Å²) in [7, 11) is 1.70. The predicted molar refractivity (Wildman–Crippen MR) is 82.6 cm³/mol. The Kier molecular flexibility index (Phi) is 5.46. The molecule has 0 amide bonds. The van der Waals surface area contributed by atoms with Crippen LogP contribution in [0.2, 0.25) is 0 Å². The molecule has 1 aliphatic rings. The van der Waals surface area contributed by atoms with Crippen molar-refractivity contribution in [3.8, 4) is 17.6 Å². The average molecular weight is 272 g/mol. The number of ether oxygens (including phenoxy) is 1. The first-order valence-electron chi connectivity index (χ1n) is 7.34. The molecule has 1 aliphatic heterocycles. The Labute approximate surface area is 122 Å². The van der Waals surface area contributed by atoms with Gasteiger partial charge in [-0.05, 0) is 50.1 Å². The van der Waals surface area contributed by atoms with Crippen molar-refractivity contribution < 1.29 is 4.74 Å². The summed E-state index contributed by atoms with van der Waals surface area (Å²) in [6, 6.07) is 6.74. The molecule has 1 atom stereocenters. The van der Waals surface area contributed by atoms with Crippen molar-refractivity contribution in [1.82, 2.24) is 4.90 Å². The van der Waals surface area contributed by atoms with Crippen molar-refractivity contribution in [1.29, 1.82) is 0 Å². The second-order valence-corrected chi connectivity index (χ2v) is 5.34. The molecule has 1 aromatic rings. The molecule has 2 rings (SSSR count). The zero-order valence-corrected chi connectivity index (χ0v) is 12.5. The SMILES string of the molecule is COc1ccc(C#CCN)c(CN2CCCCC2C)c1. The molecule has 1 heterocycles. The highest BCUT2D eigenvalue weighted by molar-refractivity contribution is 5.45. The first kappa shape index (κ1) is 14.9. The molecular formula is C17H24N2O. The van der Waals surface area contributed by atoms with Gasteiger partial charge in [0, 0.05) is 18.2 Å². The Bertz CT molecular complexity index is 501. The molecular weight excluding hydrogens is 248 g/mol. The Morgan fingerprint density at radius 3 is 2.95 bits per heavy atom. The predicted octanol–water partition coefficient (Wildman–Crippen LogP) is 2.38. The molecule has 0 radical (unpaired) electrons. The summed E-state index contributed by atoms with van der Waals surface area (Å²) in [6.07, 6.45) is 3.92. The fraction of sp³-hybridized carbons (Fsp3) is 0.529. The number of hydrogen-bond donors (Lipinski definition) is 1. The molecule has 0 aliphatic carbocycles. The zero-order valence-electron chi connectivity index (χ0n) is 12.5. The number of nitrogens with zero attached hydrogens (tertiary/aromatic N) is 1. The third-order valence-corrected chi connectivity index (χ3v) is 3.95. The third kappa shape index (κ3) is 3.75. The summed E-state index contributed by atoms with van der Waals surface area (Å²) in [5.74, 6) is 7.01. The minimum Gasteiger partial charge on any atom is -0.497 e. The monoisotopic (exact) mass is 272 g/mol. The van der Waals surface area contributed by atoms with Gasteiger partial charge >= 0.3 is 0 Å². The number of piperidine rings is 1.